The van der Waals surface area contributed by atoms with Gasteiger partial charge in [-0.3, -0.25) is 9.80 Å². The Hall–Kier alpha value is -0.710. The van der Waals surface area contributed by atoms with Crippen LogP contribution in [0.2, 0.25) is 0 Å². The minimum atomic E-state index is 0.377. The van der Waals surface area contributed by atoms with Crippen molar-refractivity contribution >= 4 is 11.6 Å². The monoisotopic (exact) mass is 266 g/mol. The summed E-state index contributed by atoms with van der Waals surface area (Å²) in [6, 6.07) is 0.377. The van der Waals surface area contributed by atoms with Crippen LogP contribution >= 0.6 is 11.6 Å². The summed E-state index contributed by atoms with van der Waals surface area (Å²) < 4.78 is 0. The van der Waals surface area contributed by atoms with Crippen molar-refractivity contribution in [1.82, 2.24) is 19.8 Å². The van der Waals surface area contributed by atoms with Crippen molar-refractivity contribution < 1.29 is 0 Å². The topological polar surface area (TPSA) is 32.3 Å². The van der Waals surface area contributed by atoms with Gasteiger partial charge in [0.2, 0.25) is 0 Å². The fourth-order valence-electron chi connectivity index (χ4n) is 2.90. The van der Waals surface area contributed by atoms with Crippen molar-refractivity contribution in [3.05, 3.63) is 23.3 Å². The molecule has 0 radical (unpaired) electrons. The van der Waals surface area contributed by atoms with Crippen LogP contribution in [0.1, 0.15) is 30.0 Å². The van der Waals surface area contributed by atoms with E-state index in [9.17, 15) is 0 Å². The quantitative estimate of drug-likeness (QED) is 0.776. The number of rotatable bonds is 3. The lowest BCUT2D eigenvalue weighted by atomic mass is 10.1. The van der Waals surface area contributed by atoms with E-state index in [2.05, 4.69) is 21.7 Å². The lowest BCUT2D eigenvalue weighted by Crippen LogP contribution is -2.57. The summed E-state index contributed by atoms with van der Waals surface area (Å²) in [5.74, 6) is 1.48. The molecule has 0 spiro atoms. The van der Waals surface area contributed by atoms with Crippen LogP contribution in [0.15, 0.2) is 6.20 Å². The normalized spacial score (nSPS) is 30.7. The molecule has 1 atom stereocenters. The van der Waals surface area contributed by atoms with E-state index < -0.39 is 0 Å². The first-order chi connectivity index (χ1) is 8.81. The van der Waals surface area contributed by atoms with E-state index in [1.165, 1.54) is 13.1 Å². The van der Waals surface area contributed by atoms with Gasteiger partial charge in [0, 0.05) is 50.2 Å². The summed E-state index contributed by atoms with van der Waals surface area (Å²) in [5.41, 5.74) is 2.17. The summed E-state index contributed by atoms with van der Waals surface area (Å²) in [6.45, 7) is 7.87. The smallest absolute Gasteiger partial charge is 0.146 e. The second-order valence-corrected chi connectivity index (χ2v) is 5.31. The van der Waals surface area contributed by atoms with Gasteiger partial charge < -0.3 is 0 Å². The molecule has 0 aliphatic carbocycles. The highest BCUT2D eigenvalue weighted by molar-refractivity contribution is 6.17. The highest BCUT2D eigenvalue weighted by atomic mass is 35.5. The second kappa shape index (κ2) is 5.11. The van der Waals surface area contributed by atoms with Gasteiger partial charge in [-0.25, -0.2) is 9.97 Å². The van der Waals surface area contributed by atoms with Gasteiger partial charge in [-0.1, -0.05) is 6.92 Å². The van der Waals surface area contributed by atoms with Gasteiger partial charge in [0.25, 0.3) is 0 Å². The molecule has 1 aromatic heterocycles. The third-order valence-electron chi connectivity index (χ3n) is 4.03. The Labute approximate surface area is 113 Å². The Morgan fingerprint density at radius 3 is 2.67 bits per heavy atom. The molecule has 98 valence electrons. The van der Waals surface area contributed by atoms with Gasteiger partial charge in [0.15, 0.2) is 0 Å². The summed E-state index contributed by atoms with van der Waals surface area (Å²) in [4.78, 5) is 14.3. The number of hydrogen-bond acceptors (Lipinski definition) is 4. The van der Waals surface area contributed by atoms with Gasteiger partial charge in [0.05, 0.1) is 11.9 Å². The van der Waals surface area contributed by atoms with Crippen LogP contribution < -0.4 is 0 Å². The van der Waals surface area contributed by atoms with E-state index >= 15 is 0 Å². The largest absolute Gasteiger partial charge is 0.299 e. The minimum absolute atomic E-state index is 0.377. The molecule has 0 amide bonds. The van der Waals surface area contributed by atoms with Crippen molar-refractivity contribution in [3.8, 4) is 0 Å². The zero-order chi connectivity index (χ0) is 12.5. The molecular formula is C13H19ClN4. The number of piperazine rings is 3. The van der Waals surface area contributed by atoms with Gasteiger partial charge in [0.1, 0.15) is 5.82 Å². The van der Waals surface area contributed by atoms with Gasteiger partial charge in [-0.05, 0) is 6.42 Å². The molecule has 0 N–H and O–H groups in total. The molecule has 4 rings (SSSR count). The molecule has 3 aliphatic rings. The van der Waals surface area contributed by atoms with Crippen LogP contribution in [-0.2, 0) is 12.3 Å². The minimum Gasteiger partial charge on any atom is -0.299 e. The average Bonchev–Trinajstić information content (AvgIpc) is 2.47. The third kappa shape index (κ3) is 2.13. The number of hydrogen-bond donors (Lipinski definition) is 0. The summed E-state index contributed by atoms with van der Waals surface area (Å²) in [5, 5.41) is 0. The fourth-order valence-corrected chi connectivity index (χ4v) is 3.12. The molecule has 2 bridgehead atoms. The van der Waals surface area contributed by atoms with Crippen molar-refractivity contribution in [3.63, 3.8) is 0 Å². The highest BCUT2D eigenvalue weighted by Crippen LogP contribution is 2.27. The van der Waals surface area contributed by atoms with E-state index in [1.54, 1.807) is 0 Å². The van der Waals surface area contributed by atoms with Crippen LogP contribution in [-0.4, -0.2) is 52.5 Å². The Morgan fingerprint density at radius 2 is 2.11 bits per heavy atom. The fraction of sp³-hybridized carbons (Fsp3) is 0.692. The zero-order valence-corrected chi connectivity index (χ0v) is 11.5. The van der Waals surface area contributed by atoms with E-state index in [0.29, 0.717) is 11.9 Å². The Bertz CT molecular complexity index is 429. The standard InChI is InChI=1S/C13H19ClN4/c1-2-11-10(7-14)8-15-13(16-11)12-9-17-3-5-18(12)6-4-17/h8,12H,2-7,9H2,1H3. The van der Waals surface area contributed by atoms with E-state index in [-0.39, 0.29) is 0 Å². The van der Waals surface area contributed by atoms with Gasteiger partial charge in [-0.15, -0.1) is 11.6 Å². The van der Waals surface area contributed by atoms with Gasteiger partial charge >= 0.3 is 0 Å². The van der Waals surface area contributed by atoms with Crippen molar-refractivity contribution in [1.29, 1.82) is 0 Å². The number of aromatic nitrogens is 2. The maximum Gasteiger partial charge on any atom is 0.146 e. The van der Waals surface area contributed by atoms with Crippen LogP contribution in [0.3, 0.4) is 0 Å². The predicted molar refractivity (Wildman–Crippen MR) is 71.7 cm³/mol. The molecule has 3 aliphatic heterocycles. The average molecular weight is 267 g/mol. The molecular weight excluding hydrogens is 248 g/mol. The molecule has 4 nitrogen and oxygen atoms in total. The molecule has 0 saturated carbocycles. The molecule has 1 aromatic rings. The number of alkyl halides is 1. The summed E-state index contributed by atoms with van der Waals surface area (Å²) >= 11 is 5.91. The first-order valence-electron chi connectivity index (χ1n) is 6.69. The maximum absolute atomic E-state index is 5.91. The SMILES string of the molecule is CCc1nc(C2CN3CCN2CC3)ncc1CCl. The number of halogens is 1. The number of aryl methyl sites for hydroxylation is 1. The van der Waals surface area contributed by atoms with Crippen molar-refractivity contribution in [2.45, 2.75) is 25.3 Å². The highest BCUT2D eigenvalue weighted by Gasteiger charge is 2.34. The molecule has 1 unspecified atom stereocenters. The van der Waals surface area contributed by atoms with Gasteiger partial charge in [-0.2, -0.15) is 0 Å². The molecule has 3 saturated heterocycles. The zero-order valence-electron chi connectivity index (χ0n) is 10.8. The summed E-state index contributed by atoms with van der Waals surface area (Å²) in [6.07, 6.45) is 2.83. The molecule has 5 heteroatoms. The maximum atomic E-state index is 5.91. The van der Waals surface area contributed by atoms with Crippen LogP contribution in [0, 0.1) is 0 Å². The Kier molecular flexibility index (Phi) is 3.50. The first kappa shape index (κ1) is 12.3. The lowest BCUT2D eigenvalue weighted by molar-refractivity contribution is 0.00854. The molecule has 3 fully saturated rings. The first-order valence-corrected chi connectivity index (χ1v) is 7.22. The van der Waals surface area contributed by atoms with Crippen LogP contribution in [0.4, 0.5) is 0 Å². The van der Waals surface area contributed by atoms with Crippen LogP contribution in [0.25, 0.3) is 0 Å². The summed E-state index contributed by atoms with van der Waals surface area (Å²) in [7, 11) is 0. The van der Waals surface area contributed by atoms with Crippen molar-refractivity contribution in [2.75, 3.05) is 32.7 Å². The Morgan fingerprint density at radius 1 is 1.33 bits per heavy atom. The Balaban J connectivity index is 1.88. The lowest BCUT2D eigenvalue weighted by Gasteiger charge is -2.46. The third-order valence-corrected chi connectivity index (χ3v) is 4.32. The number of nitrogens with zero attached hydrogens (tertiary/aromatic N) is 4. The molecule has 18 heavy (non-hydrogen) atoms. The van der Waals surface area contributed by atoms with E-state index in [0.717, 1.165) is 43.1 Å². The predicted octanol–water partition coefficient (Wildman–Crippen LogP) is 1.45. The van der Waals surface area contributed by atoms with Crippen molar-refractivity contribution in [2.24, 2.45) is 0 Å². The van der Waals surface area contributed by atoms with E-state index in [1.807, 2.05) is 6.20 Å². The number of fused-ring (bicyclic) bond motifs is 3. The van der Waals surface area contributed by atoms with E-state index in [4.69, 9.17) is 16.6 Å². The second-order valence-electron chi connectivity index (χ2n) is 5.04. The van der Waals surface area contributed by atoms with Crippen LogP contribution in [0.5, 0.6) is 0 Å². The molecule has 0 aromatic carbocycles. The molecule has 4 heterocycles.